The van der Waals surface area contributed by atoms with Crippen molar-refractivity contribution >= 4 is 0 Å². The lowest BCUT2D eigenvalue weighted by Crippen LogP contribution is -3.00. The summed E-state index contributed by atoms with van der Waals surface area (Å²) in [5.41, 5.74) is 2.63. The van der Waals surface area contributed by atoms with Crippen molar-refractivity contribution in [2.24, 2.45) is 0 Å². The van der Waals surface area contributed by atoms with Crippen LogP contribution in [0, 0.1) is 6.92 Å². The fraction of sp³-hybridized carbons (Fsp3) is 0.154. The van der Waals surface area contributed by atoms with Crippen LogP contribution < -0.4 is 17.0 Å². The Morgan fingerprint density at radius 3 is 2.40 bits per heavy atom. The van der Waals surface area contributed by atoms with Gasteiger partial charge in [-0.05, 0) is 13.0 Å². The second-order valence-corrected chi connectivity index (χ2v) is 3.54. The number of aryl methyl sites for hydroxylation is 1. The standard InChI is InChI=1S/C13H14N.ClH/c1-12-6-5-9-14(10-12)11-13-7-3-2-4-8-13;/h2-10H,11H2,1H3;1H/q+1;/p-1. The lowest BCUT2D eigenvalue weighted by Gasteiger charge is -1.97. The van der Waals surface area contributed by atoms with E-state index in [1.54, 1.807) is 0 Å². The summed E-state index contributed by atoms with van der Waals surface area (Å²) in [7, 11) is 0. The van der Waals surface area contributed by atoms with Crippen LogP contribution in [0.4, 0.5) is 0 Å². The fourth-order valence-electron chi connectivity index (χ4n) is 1.55. The molecule has 0 unspecified atom stereocenters. The molecule has 1 aromatic heterocycles. The second-order valence-electron chi connectivity index (χ2n) is 3.54. The molecule has 0 spiro atoms. The first-order chi connectivity index (χ1) is 6.84. The summed E-state index contributed by atoms with van der Waals surface area (Å²) >= 11 is 0. The zero-order valence-electron chi connectivity index (χ0n) is 8.73. The molecule has 1 heterocycles. The average Bonchev–Trinajstić information content (AvgIpc) is 2.19. The summed E-state index contributed by atoms with van der Waals surface area (Å²) in [6, 6.07) is 14.7. The third-order valence-electron chi connectivity index (χ3n) is 2.21. The van der Waals surface area contributed by atoms with E-state index in [9.17, 15) is 0 Å². The SMILES string of the molecule is Cc1ccc[n+](Cc2ccccc2)c1.[Cl-]. The van der Waals surface area contributed by atoms with Crippen LogP contribution >= 0.6 is 0 Å². The summed E-state index contributed by atoms with van der Waals surface area (Å²) in [6.07, 6.45) is 4.26. The Labute approximate surface area is 96.8 Å². The number of halogens is 1. The van der Waals surface area contributed by atoms with Gasteiger partial charge in [-0.3, -0.25) is 0 Å². The Balaban J connectivity index is 0.00000112. The molecule has 2 heteroatoms. The molecule has 2 rings (SSSR count). The molecule has 0 aliphatic carbocycles. The fourth-order valence-corrected chi connectivity index (χ4v) is 1.55. The molecule has 2 aromatic rings. The van der Waals surface area contributed by atoms with Crippen LogP contribution in [-0.2, 0) is 6.54 Å². The molecule has 0 amide bonds. The molecule has 0 bridgehead atoms. The van der Waals surface area contributed by atoms with Gasteiger partial charge >= 0.3 is 0 Å². The van der Waals surface area contributed by atoms with E-state index < -0.39 is 0 Å². The van der Waals surface area contributed by atoms with Crippen LogP contribution in [0.1, 0.15) is 11.1 Å². The Morgan fingerprint density at radius 2 is 1.73 bits per heavy atom. The molecular weight excluding hydrogens is 206 g/mol. The van der Waals surface area contributed by atoms with Crippen molar-refractivity contribution in [3.8, 4) is 0 Å². The molecule has 15 heavy (non-hydrogen) atoms. The number of benzene rings is 1. The van der Waals surface area contributed by atoms with Crippen LogP contribution in [0.2, 0.25) is 0 Å². The highest BCUT2D eigenvalue weighted by Crippen LogP contribution is 1.98. The van der Waals surface area contributed by atoms with E-state index in [-0.39, 0.29) is 12.4 Å². The molecule has 1 aromatic carbocycles. The largest absolute Gasteiger partial charge is 1.00 e. The van der Waals surface area contributed by atoms with Gasteiger partial charge in [0.15, 0.2) is 18.9 Å². The Bertz CT molecular complexity index is 412. The number of pyridine rings is 1. The van der Waals surface area contributed by atoms with Gasteiger partial charge in [0, 0.05) is 17.2 Å². The van der Waals surface area contributed by atoms with Crippen molar-refractivity contribution in [2.45, 2.75) is 13.5 Å². The van der Waals surface area contributed by atoms with Crippen LogP contribution in [0.25, 0.3) is 0 Å². The molecular formula is C13H14ClN. The minimum absolute atomic E-state index is 0. The molecule has 0 N–H and O–H groups in total. The van der Waals surface area contributed by atoms with Gasteiger partial charge in [-0.2, -0.15) is 0 Å². The number of aromatic nitrogens is 1. The van der Waals surface area contributed by atoms with Crippen molar-refractivity contribution in [3.63, 3.8) is 0 Å². The molecule has 0 saturated carbocycles. The van der Waals surface area contributed by atoms with E-state index in [2.05, 4.69) is 60.3 Å². The average molecular weight is 220 g/mol. The van der Waals surface area contributed by atoms with Gasteiger partial charge in [-0.15, -0.1) is 0 Å². The number of hydrogen-bond donors (Lipinski definition) is 0. The molecule has 78 valence electrons. The summed E-state index contributed by atoms with van der Waals surface area (Å²) in [5, 5.41) is 0. The highest BCUT2D eigenvalue weighted by atomic mass is 35.5. The maximum absolute atomic E-state index is 2.20. The quantitative estimate of drug-likeness (QED) is 0.591. The van der Waals surface area contributed by atoms with Crippen molar-refractivity contribution in [1.82, 2.24) is 0 Å². The zero-order chi connectivity index (χ0) is 9.80. The molecule has 1 nitrogen and oxygen atoms in total. The van der Waals surface area contributed by atoms with Crippen LogP contribution in [0.5, 0.6) is 0 Å². The summed E-state index contributed by atoms with van der Waals surface area (Å²) < 4.78 is 2.20. The maximum atomic E-state index is 2.20. The molecule has 0 fully saturated rings. The topological polar surface area (TPSA) is 3.88 Å². The van der Waals surface area contributed by atoms with Crippen LogP contribution in [0.3, 0.4) is 0 Å². The van der Waals surface area contributed by atoms with E-state index in [0.29, 0.717) is 0 Å². The maximum Gasteiger partial charge on any atom is 0.173 e. The van der Waals surface area contributed by atoms with Crippen molar-refractivity contribution in [3.05, 3.63) is 66.0 Å². The molecule has 0 radical (unpaired) electrons. The summed E-state index contributed by atoms with van der Waals surface area (Å²) in [4.78, 5) is 0. The van der Waals surface area contributed by atoms with Gasteiger partial charge in [-0.1, -0.05) is 30.3 Å². The number of rotatable bonds is 2. The predicted molar refractivity (Wildman–Crippen MR) is 56.9 cm³/mol. The number of hydrogen-bond acceptors (Lipinski definition) is 0. The first-order valence-electron chi connectivity index (χ1n) is 4.84. The lowest BCUT2D eigenvalue weighted by atomic mass is 10.2. The smallest absolute Gasteiger partial charge is 0.173 e. The molecule has 0 atom stereocenters. The molecule has 0 saturated heterocycles. The zero-order valence-corrected chi connectivity index (χ0v) is 9.48. The van der Waals surface area contributed by atoms with Crippen molar-refractivity contribution < 1.29 is 17.0 Å². The van der Waals surface area contributed by atoms with Crippen molar-refractivity contribution in [2.75, 3.05) is 0 Å². The van der Waals surface area contributed by atoms with E-state index in [1.165, 1.54) is 11.1 Å². The third-order valence-corrected chi connectivity index (χ3v) is 2.21. The van der Waals surface area contributed by atoms with Gasteiger partial charge < -0.3 is 12.4 Å². The summed E-state index contributed by atoms with van der Waals surface area (Å²) in [6.45, 7) is 3.06. The minimum atomic E-state index is 0. The van der Waals surface area contributed by atoms with E-state index in [4.69, 9.17) is 0 Å². The predicted octanol–water partition coefficient (Wildman–Crippen LogP) is -0.665. The highest BCUT2D eigenvalue weighted by molar-refractivity contribution is 5.13. The highest BCUT2D eigenvalue weighted by Gasteiger charge is 2.00. The van der Waals surface area contributed by atoms with Gasteiger partial charge in [-0.25, -0.2) is 4.57 Å². The second kappa shape index (κ2) is 5.52. The molecule has 0 aliphatic rings. The normalized spacial score (nSPS) is 9.40. The first-order valence-corrected chi connectivity index (χ1v) is 4.84. The first kappa shape index (κ1) is 11.7. The monoisotopic (exact) mass is 219 g/mol. The Morgan fingerprint density at radius 1 is 1.00 bits per heavy atom. The van der Waals surface area contributed by atoms with E-state index in [0.717, 1.165) is 6.54 Å². The van der Waals surface area contributed by atoms with Gasteiger partial charge in [0.1, 0.15) is 0 Å². The minimum Gasteiger partial charge on any atom is -1.00 e. The number of nitrogens with zero attached hydrogens (tertiary/aromatic N) is 1. The molecule has 0 aliphatic heterocycles. The van der Waals surface area contributed by atoms with Crippen molar-refractivity contribution in [1.29, 1.82) is 0 Å². The Kier molecular flexibility index (Phi) is 4.32. The van der Waals surface area contributed by atoms with E-state index in [1.807, 2.05) is 6.07 Å². The van der Waals surface area contributed by atoms with Gasteiger partial charge in [0.2, 0.25) is 0 Å². The van der Waals surface area contributed by atoms with E-state index >= 15 is 0 Å². The van der Waals surface area contributed by atoms with Crippen LogP contribution in [-0.4, -0.2) is 0 Å². The van der Waals surface area contributed by atoms with Crippen LogP contribution in [0.15, 0.2) is 54.9 Å². The summed E-state index contributed by atoms with van der Waals surface area (Å²) in [5.74, 6) is 0. The lowest BCUT2D eigenvalue weighted by molar-refractivity contribution is -0.688. The third kappa shape index (κ3) is 3.37. The van der Waals surface area contributed by atoms with Gasteiger partial charge in [0.05, 0.1) is 0 Å². The van der Waals surface area contributed by atoms with Gasteiger partial charge in [0.25, 0.3) is 0 Å². The Hall–Kier alpha value is -1.34.